The number of carbonyl (C=O) groups is 1. The number of rotatable bonds is 8. The van der Waals surface area contributed by atoms with Crippen molar-refractivity contribution < 1.29 is 24.9 Å². The largest absolute Gasteiger partial charge is 0.481 e. The SMILES string of the molecule is O=C(O)Cc1csc2nc(-c3ccccc3[N+](=O)[O-])cn12.O=[N+]([O-])c1ccccc1-c1cn2c(CCO)csc2n1. The minimum Gasteiger partial charge on any atom is -0.481 e. The lowest BCUT2D eigenvalue weighted by atomic mass is 10.1. The van der Waals surface area contributed by atoms with Crippen molar-refractivity contribution in [3.05, 3.63) is 103 Å². The molecule has 13 nitrogen and oxygen atoms in total. The fraction of sp³-hybridized carbons (Fsp3) is 0.115. The lowest BCUT2D eigenvalue weighted by Crippen LogP contribution is -2.02. The minimum absolute atomic E-state index is 0.0250. The highest BCUT2D eigenvalue weighted by molar-refractivity contribution is 7.15. The molecule has 0 bridgehead atoms. The van der Waals surface area contributed by atoms with E-state index in [1.165, 1.54) is 34.8 Å². The molecular weight excluding hydrogens is 572 g/mol. The molecule has 0 radical (unpaired) electrons. The van der Waals surface area contributed by atoms with Crippen LogP contribution in [0.15, 0.2) is 71.7 Å². The van der Waals surface area contributed by atoms with Crippen LogP contribution in [0.4, 0.5) is 11.4 Å². The summed E-state index contributed by atoms with van der Waals surface area (Å²) in [5.74, 6) is -0.935. The summed E-state index contributed by atoms with van der Waals surface area (Å²) in [6.45, 7) is 0.0603. The molecule has 0 aliphatic carbocycles. The third kappa shape index (κ3) is 5.67. The Kier molecular flexibility index (Phi) is 7.82. The molecule has 6 aromatic rings. The number of carboxylic acid groups (broad SMARTS) is 1. The second kappa shape index (κ2) is 11.6. The fourth-order valence-corrected chi connectivity index (χ4v) is 5.97. The molecule has 2 N–H and O–H groups in total. The molecule has 2 aromatic carbocycles. The zero-order valence-electron chi connectivity index (χ0n) is 21.0. The fourth-order valence-electron chi connectivity index (χ4n) is 4.19. The predicted molar refractivity (Wildman–Crippen MR) is 152 cm³/mol. The number of imidazole rings is 2. The summed E-state index contributed by atoms with van der Waals surface area (Å²) in [5, 5.41) is 43.7. The number of hydrogen-bond donors (Lipinski definition) is 2. The Labute approximate surface area is 238 Å². The van der Waals surface area contributed by atoms with Crippen LogP contribution < -0.4 is 0 Å². The maximum absolute atomic E-state index is 11.1. The lowest BCUT2D eigenvalue weighted by molar-refractivity contribution is -0.384. The van der Waals surface area contributed by atoms with E-state index in [2.05, 4.69) is 9.97 Å². The van der Waals surface area contributed by atoms with E-state index in [4.69, 9.17) is 10.2 Å². The standard InChI is InChI=1S/C13H9N3O4S.C13H11N3O3S/c17-12(18)5-8-7-21-13-14-10(6-15(8)13)9-3-1-2-4-11(9)16(19)20;17-6-5-9-8-20-13-14-11(7-15(9)13)10-3-1-2-4-12(10)16(18)19/h1-4,6-7H,5H2,(H,17,18);1-4,7-8,17H,5-6H2. The van der Waals surface area contributed by atoms with Crippen molar-refractivity contribution in [3.8, 4) is 22.5 Å². The van der Waals surface area contributed by atoms with Crippen LogP contribution in [0.1, 0.15) is 11.4 Å². The van der Waals surface area contributed by atoms with Crippen molar-refractivity contribution in [2.24, 2.45) is 0 Å². The number of hydrogen-bond acceptors (Lipinski definition) is 10. The number of aliphatic hydroxyl groups excluding tert-OH is 1. The van der Waals surface area contributed by atoms with Gasteiger partial charge in [0.05, 0.1) is 38.8 Å². The van der Waals surface area contributed by atoms with E-state index in [-0.39, 0.29) is 24.4 Å². The number of para-hydroxylation sites is 2. The van der Waals surface area contributed by atoms with Gasteiger partial charge in [-0.2, -0.15) is 0 Å². The van der Waals surface area contributed by atoms with Gasteiger partial charge in [0, 0.05) is 59.7 Å². The molecule has 0 atom stereocenters. The van der Waals surface area contributed by atoms with Crippen LogP contribution in [-0.2, 0) is 17.6 Å². The third-order valence-electron chi connectivity index (χ3n) is 6.02. The van der Waals surface area contributed by atoms with E-state index in [0.29, 0.717) is 39.6 Å². The summed E-state index contributed by atoms with van der Waals surface area (Å²) in [6, 6.07) is 12.9. The van der Waals surface area contributed by atoms with Gasteiger partial charge in [-0.3, -0.25) is 33.8 Å². The first kappa shape index (κ1) is 27.6. The molecule has 6 rings (SSSR count). The molecule has 15 heteroatoms. The predicted octanol–water partition coefficient (Wildman–Crippen LogP) is 5.10. The first-order chi connectivity index (χ1) is 19.8. The van der Waals surface area contributed by atoms with Crippen LogP contribution in [0.5, 0.6) is 0 Å². The van der Waals surface area contributed by atoms with Crippen LogP contribution in [0.2, 0.25) is 0 Å². The van der Waals surface area contributed by atoms with Crippen molar-refractivity contribution in [1.29, 1.82) is 0 Å². The van der Waals surface area contributed by atoms with Crippen molar-refractivity contribution in [2.75, 3.05) is 6.61 Å². The van der Waals surface area contributed by atoms with Crippen molar-refractivity contribution in [1.82, 2.24) is 18.8 Å². The van der Waals surface area contributed by atoms with E-state index in [1.807, 2.05) is 9.78 Å². The third-order valence-corrected chi connectivity index (χ3v) is 7.80. The molecule has 0 amide bonds. The Hall–Kier alpha value is -4.99. The van der Waals surface area contributed by atoms with Gasteiger partial charge >= 0.3 is 5.97 Å². The second-order valence-corrected chi connectivity index (χ2v) is 10.3. The number of thiazole rings is 2. The maximum atomic E-state index is 11.1. The maximum Gasteiger partial charge on any atom is 0.309 e. The van der Waals surface area contributed by atoms with Crippen LogP contribution in [0.3, 0.4) is 0 Å². The normalized spacial score (nSPS) is 11.0. The molecule has 0 unspecified atom stereocenters. The van der Waals surface area contributed by atoms with Gasteiger partial charge in [0.2, 0.25) is 0 Å². The van der Waals surface area contributed by atoms with Crippen LogP contribution in [0.25, 0.3) is 32.4 Å². The number of nitrogens with zero attached hydrogens (tertiary/aromatic N) is 6. The van der Waals surface area contributed by atoms with E-state index < -0.39 is 15.8 Å². The van der Waals surface area contributed by atoms with Crippen molar-refractivity contribution in [2.45, 2.75) is 12.8 Å². The molecule has 208 valence electrons. The highest BCUT2D eigenvalue weighted by Crippen LogP contribution is 2.32. The molecule has 0 saturated heterocycles. The second-order valence-electron chi connectivity index (χ2n) is 8.60. The number of nitro benzene ring substituents is 2. The summed E-state index contributed by atoms with van der Waals surface area (Å²) >= 11 is 2.76. The van der Waals surface area contributed by atoms with Crippen molar-refractivity contribution in [3.63, 3.8) is 0 Å². The molecule has 0 fully saturated rings. The summed E-state index contributed by atoms with van der Waals surface area (Å²) in [7, 11) is 0. The van der Waals surface area contributed by atoms with Crippen molar-refractivity contribution >= 4 is 49.9 Å². The smallest absolute Gasteiger partial charge is 0.309 e. The topological polar surface area (TPSA) is 178 Å². The molecule has 0 aliphatic rings. The zero-order valence-corrected chi connectivity index (χ0v) is 22.6. The molecule has 0 aliphatic heterocycles. The highest BCUT2D eigenvalue weighted by atomic mass is 32.1. The number of aliphatic hydroxyl groups is 1. The highest BCUT2D eigenvalue weighted by Gasteiger charge is 2.19. The Balaban J connectivity index is 0.000000165. The number of benzene rings is 2. The molecule has 41 heavy (non-hydrogen) atoms. The molecule has 4 heterocycles. The lowest BCUT2D eigenvalue weighted by Gasteiger charge is -1.98. The Morgan fingerprint density at radius 2 is 1.27 bits per heavy atom. The zero-order chi connectivity index (χ0) is 29.1. The van der Waals surface area contributed by atoms with Gasteiger partial charge in [0.15, 0.2) is 9.92 Å². The monoisotopic (exact) mass is 592 g/mol. The van der Waals surface area contributed by atoms with E-state index in [0.717, 1.165) is 10.7 Å². The minimum atomic E-state index is -0.935. The van der Waals surface area contributed by atoms with E-state index >= 15 is 0 Å². The molecule has 4 aromatic heterocycles. The molecule has 0 spiro atoms. The van der Waals surface area contributed by atoms with Gasteiger partial charge in [-0.1, -0.05) is 24.3 Å². The van der Waals surface area contributed by atoms with Crippen LogP contribution in [0, 0.1) is 20.2 Å². The molecular formula is C26H20N6O7S2. The van der Waals surface area contributed by atoms with E-state index in [1.54, 1.807) is 58.6 Å². The first-order valence-electron chi connectivity index (χ1n) is 12.0. The Morgan fingerprint density at radius 1 is 0.805 bits per heavy atom. The number of nitro groups is 2. The average Bonchev–Trinajstić information content (AvgIpc) is 3.72. The van der Waals surface area contributed by atoms with Gasteiger partial charge in [-0.15, -0.1) is 22.7 Å². The summed E-state index contributed by atoms with van der Waals surface area (Å²) in [4.78, 5) is 42.2. The van der Waals surface area contributed by atoms with Gasteiger partial charge in [0.1, 0.15) is 0 Å². The van der Waals surface area contributed by atoms with Crippen LogP contribution >= 0.6 is 22.7 Å². The van der Waals surface area contributed by atoms with Gasteiger partial charge in [-0.25, -0.2) is 9.97 Å². The van der Waals surface area contributed by atoms with Gasteiger partial charge < -0.3 is 10.2 Å². The van der Waals surface area contributed by atoms with Crippen LogP contribution in [-0.4, -0.2) is 51.4 Å². The van der Waals surface area contributed by atoms with Gasteiger partial charge in [-0.05, 0) is 12.1 Å². The summed E-state index contributed by atoms with van der Waals surface area (Å²) < 4.78 is 3.53. The number of carboxylic acids is 1. The first-order valence-corrected chi connectivity index (χ1v) is 13.7. The average molecular weight is 593 g/mol. The quantitative estimate of drug-likeness (QED) is 0.180. The number of fused-ring (bicyclic) bond motifs is 2. The van der Waals surface area contributed by atoms with Gasteiger partial charge in [0.25, 0.3) is 11.4 Å². The number of aliphatic carboxylic acids is 1. The Morgan fingerprint density at radius 3 is 1.73 bits per heavy atom. The van der Waals surface area contributed by atoms with E-state index in [9.17, 15) is 25.0 Å². The number of aromatic nitrogens is 4. The Bertz CT molecular complexity index is 1900. The molecule has 0 saturated carbocycles. The summed E-state index contributed by atoms with van der Waals surface area (Å²) in [6.07, 6.45) is 3.82. The summed E-state index contributed by atoms with van der Waals surface area (Å²) in [5.41, 5.74) is 3.52.